The summed E-state index contributed by atoms with van der Waals surface area (Å²) in [5.74, 6) is -2.23. The summed E-state index contributed by atoms with van der Waals surface area (Å²) >= 11 is 1.07. The molecule has 7 heteroatoms. The number of aromatic nitrogens is 1. The van der Waals surface area contributed by atoms with E-state index in [-0.39, 0.29) is 5.01 Å². The Balaban J connectivity index is 1.79. The van der Waals surface area contributed by atoms with E-state index in [2.05, 4.69) is 10.3 Å². The van der Waals surface area contributed by atoms with E-state index in [1.807, 2.05) is 0 Å². The zero-order valence-corrected chi connectivity index (χ0v) is 11.2. The number of hydrogen-bond donors (Lipinski definition) is 2. The van der Waals surface area contributed by atoms with Gasteiger partial charge < -0.3 is 10.4 Å². The van der Waals surface area contributed by atoms with Crippen molar-refractivity contribution in [2.45, 2.75) is 13.0 Å². The van der Waals surface area contributed by atoms with Gasteiger partial charge in [0.25, 0.3) is 0 Å². The Hall–Kier alpha value is -1.86. The highest BCUT2D eigenvalue weighted by atomic mass is 32.1. The van der Waals surface area contributed by atoms with Gasteiger partial charge in [-0.05, 0) is 30.7 Å². The normalized spacial score (nSPS) is 10.7. The lowest BCUT2D eigenvalue weighted by Gasteiger charge is -2.04. The van der Waals surface area contributed by atoms with E-state index in [1.54, 1.807) is 5.38 Å². The molecular weight excluding hydrogens is 286 g/mol. The third-order valence-electron chi connectivity index (χ3n) is 2.55. The molecule has 2 N–H and O–H groups in total. The van der Waals surface area contributed by atoms with Crippen LogP contribution >= 0.6 is 11.3 Å². The van der Waals surface area contributed by atoms with Crippen molar-refractivity contribution in [2.24, 2.45) is 0 Å². The van der Waals surface area contributed by atoms with Crippen LogP contribution in [0.5, 0.6) is 0 Å². The molecule has 0 saturated carbocycles. The average molecular weight is 298 g/mol. The van der Waals surface area contributed by atoms with E-state index in [9.17, 15) is 13.6 Å². The molecular formula is C13H12F2N2O2S. The summed E-state index contributed by atoms with van der Waals surface area (Å²) in [5, 5.41) is 13.5. The van der Waals surface area contributed by atoms with E-state index in [1.165, 1.54) is 12.1 Å². The van der Waals surface area contributed by atoms with E-state index in [4.69, 9.17) is 5.11 Å². The first-order valence-electron chi connectivity index (χ1n) is 5.88. The van der Waals surface area contributed by atoms with Gasteiger partial charge in [-0.25, -0.2) is 18.6 Å². The first-order valence-corrected chi connectivity index (χ1v) is 6.76. The topological polar surface area (TPSA) is 62.2 Å². The second-order valence-corrected chi connectivity index (χ2v) is 5.01. The maximum atomic E-state index is 13.0. The van der Waals surface area contributed by atoms with Gasteiger partial charge in [-0.3, -0.25) is 0 Å². The molecule has 0 spiro atoms. The predicted octanol–water partition coefficient (Wildman–Crippen LogP) is 2.45. The van der Waals surface area contributed by atoms with Crippen LogP contribution in [0.4, 0.5) is 8.78 Å². The van der Waals surface area contributed by atoms with Crippen molar-refractivity contribution >= 4 is 17.3 Å². The van der Waals surface area contributed by atoms with Gasteiger partial charge in [0.2, 0.25) is 5.01 Å². The molecule has 0 atom stereocenters. The Kier molecular flexibility index (Phi) is 4.75. The maximum absolute atomic E-state index is 13.0. The van der Waals surface area contributed by atoms with Gasteiger partial charge in [0.05, 0.1) is 5.69 Å². The van der Waals surface area contributed by atoms with Crippen LogP contribution in [0.15, 0.2) is 23.6 Å². The summed E-state index contributed by atoms with van der Waals surface area (Å²) < 4.78 is 25.9. The first-order chi connectivity index (χ1) is 9.54. The Labute approximate surface area is 118 Å². The molecule has 0 saturated heterocycles. The van der Waals surface area contributed by atoms with Crippen molar-refractivity contribution < 1.29 is 18.7 Å². The van der Waals surface area contributed by atoms with Crippen LogP contribution in [0.1, 0.15) is 21.1 Å². The lowest BCUT2D eigenvalue weighted by Crippen LogP contribution is -2.17. The fourth-order valence-corrected chi connectivity index (χ4v) is 2.35. The van der Waals surface area contributed by atoms with E-state index < -0.39 is 17.6 Å². The van der Waals surface area contributed by atoms with Gasteiger partial charge >= 0.3 is 5.97 Å². The molecule has 0 unspecified atom stereocenters. The van der Waals surface area contributed by atoms with Crippen LogP contribution in [0.25, 0.3) is 0 Å². The molecule has 1 aromatic heterocycles. The van der Waals surface area contributed by atoms with Crippen LogP contribution in [-0.4, -0.2) is 22.6 Å². The van der Waals surface area contributed by atoms with Gasteiger partial charge in [0.15, 0.2) is 0 Å². The molecule has 0 amide bonds. The van der Waals surface area contributed by atoms with Crippen LogP contribution in [0, 0.1) is 11.6 Å². The molecule has 106 valence electrons. The number of carbonyl (C=O) groups is 1. The minimum atomic E-state index is -1.04. The summed E-state index contributed by atoms with van der Waals surface area (Å²) in [6.45, 7) is 0.935. The molecule has 0 aliphatic carbocycles. The summed E-state index contributed by atoms with van der Waals surface area (Å²) in [6, 6.07) is 3.41. The Morgan fingerprint density at radius 2 is 2.00 bits per heavy atom. The average Bonchev–Trinajstić information content (AvgIpc) is 2.82. The molecule has 1 aromatic carbocycles. The van der Waals surface area contributed by atoms with Gasteiger partial charge in [0.1, 0.15) is 11.6 Å². The van der Waals surface area contributed by atoms with Crippen molar-refractivity contribution in [3.63, 3.8) is 0 Å². The lowest BCUT2D eigenvalue weighted by molar-refractivity contribution is 0.0696. The number of nitrogens with one attached hydrogen (secondary N) is 1. The molecule has 2 aromatic rings. The number of carboxylic acid groups (broad SMARTS) is 1. The molecule has 20 heavy (non-hydrogen) atoms. The highest BCUT2D eigenvalue weighted by Crippen LogP contribution is 2.10. The number of halogens is 2. The minimum Gasteiger partial charge on any atom is -0.476 e. The first kappa shape index (κ1) is 14.5. The number of rotatable bonds is 6. The lowest BCUT2D eigenvalue weighted by atomic mass is 10.1. The number of nitrogens with zero attached hydrogens (tertiary/aromatic N) is 1. The predicted molar refractivity (Wildman–Crippen MR) is 70.8 cm³/mol. The third kappa shape index (κ3) is 4.07. The zero-order valence-electron chi connectivity index (χ0n) is 10.4. The number of carboxylic acids is 1. The smallest absolute Gasteiger partial charge is 0.365 e. The van der Waals surface area contributed by atoms with Crippen molar-refractivity contribution in [3.05, 3.63) is 51.5 Å². The standard InChI is InChI=1S/C13H12F2N2O2S/c14-9-3-8(4-10(15)5-9)1-2-16-6-11-7-20-12(17-11)13(18)19/h3-5,7,16H,1-2,6H2,(H,18,19). The van der Waals surface area contributed by atoms with Gasteiger partial charge in [-0.15, -0.1) is 11.3 Å². The second-order valence-electron chi connectivity index (χ2n) is 4.15. The summed E-state index contributed by atoms with van der Waals surface area (Å²) in [6.07, 6.45) is 0.477. The van der Waals surface area contributed by atoms with Crippen molar-refractivity contribution in [1.82, 2.24) is 10.3 Å². The van der Waals surface area contributed by atoms with Crippen LogP contribution in [0.3, 0.4) is 0 Å². The molecule has 0 aliphatic heterocycles. The van der Waals surface area contributed by atoms with Crippen molar-refractivity contribution in [2.75, 3.05) is 6.54 Å². The molecule has 0 bridgehead atoms. The second kappa shape index (κ2) is 6.53. The number of hydrogen-bond acceptors (Lipinski definition) is 4. The minimum absolute atomic E-state index is 0.0500. The number of thiazole rings is 1. The Bertz CT molecular complexity index is 596. The van der Waals surface area contributed by atoms with Gasteiger partial charge in [-0.1, -0.05) is 0 Å². The van der Waals surface area contributed by atoms with E-state index in [0.717, 1.165) is 17.4 Å². The molecule has 4 nitrogen and oxygen atoms in total. The number of aromatic carboxylic acids is 1. The summed E-state index contributed by atoms with van der Waals surface area (Å²) in [4.78, 5) is 14.6. The quantitative estimate of drug-likeness (QED) is 0.804. The third-order valence-corrected chi connectivity index (χ3v) is 3.43. The largest absolute Gasteiger partial charge is 0.476 e. The molecule has 0 fully saturated rings. The highest BCUT2D eigenvalue weighted by Gasteiger charge is 2.08. The van der Waals surface area contributed by atoms with E-state index in [0.29, 0.717) is 30.8 Å². The highest BCUT2D eigenvalue weighted by molar-refractivity contribution is 7.11. The van der Waals surface area contributed by atoms with Gasteiger partial charge in [0, 0.05) is 18.0 Å². The molecule has 0 aliphatic rings. The Morgan fingerprint density at radius 3 is 2.60 bits per heavy atom. The molecule has 1 heterocycles. The SMILES string of the molecule is O=C(O)c1nc(CNCCc2cc(F)cc(F)c2)cs1. The molecule has 2 rings (SSSR count). The fraction of sp³-hybridized carbons (Fsp3) is 0.231. The number of benzene rings is 1. The zero-order chi connectivity index (χ0) is 14.5. The van der Waals surface area contributed by atoms with E-state index >= 15 is 0 Å². The van der Waals surface area contributed by atoms with Crippen LogP contribution < -0.4 is 5.32 Å². The van der Waals surface area contributed by atoms with Crippen molar-refractivity contribution in [1.29, 1.82) is 0 Å². The van der Waals surface area contributed by atoms with Crippen LogP contribution in [0.2, 0.25) is 0 Å². The van der Waals surface area contributed by atoms with Gasteiger partial charge in [-0.2, -0.15) is 0 Å². The van der Waals surface area contributed by atoms with Crippen molar-refractivity contribution in [3.8, 4) is 0 Å². The monoisotopic (exact) mass is 298 g/mol. The van der Waals surface area contributed by atoms with Crippen LogP contribution in [-0.2, 0) is 13.0 Å². The summed E-state index contributed by atoms with van der Waals surface area (Å²) in [7, 11) is 0. The summed E-state index contributed by atoms with van der Waals surface area (Å²) in [5.41, 5.74) is 1.21. The Morgan fingerprint density at radius 1 is 1.30 bits per heavy atom. The molecule has 0 radical (unpaired) electrons. The maximum Gasteiger partial charge on any atom is 0.365 e. The fourth-order valence-electron chi connectivity index (χ4n) is 1.69.